The van der Waals surface area contributed by atoms with Crippen LogP contribution < -0.4 is 5.44 Å². The van der Waals surface area contributed by atoms with Crippen LogP contribution in [0, 0.1) is 5.41 Å². The molecule has 0 saturated heterocycles. The lowest BCUT2D eigenvalue weighted by Gasteiger charge is -2.38. The van der Waals surface area contributed by atoms with Crippen LogP contribution in [-0.4, -0.2) is 15.8 Å². The van der Waals surface area contributed by atoms with Crippen LogP contribution in [0.15, 0.2) is 24.4 Å². The molecule has 2 unspecified atom stereocenters. The molecule has 116 valence electrons. The van der Waals surface area contributed by atoms with Crippen molar-refractivity contribution in [3.63, 3.8) is 0 Å². The number of pyridine rings is 1. The quantitative estimate of drug-likeness (QED) is 0.658. The third-order valence-electron chi connectivity index (χ3n) is 5.57. The number of aromatic nitrogens is 1. The van der Waals surface area contributed by atoms with Crippen molar-refractivity contribution in [2.45, 2.75) is 83.0 Å². The van der Waals surface area contributed by atoms with E-state index in [1.807, 2.05) is 6.20 Å². The summed E-state index contributed by atoms with van der Waals surface area (Å²) in [5, 5.41) is 0.370. The van der Waals surface area contributed by atoms with Gasteiger partial charge < -0.3 is 0 Å². The second kappa shape index (κ2) is 5.99. The van der Waals surface area contributed by atoms with Gasteiger partial charge in [-0.1, -0.05) is 46.1 Å². The van der Waals surface area contributed by atoms with Crippen LogP contribution in [0.25, 0.3) is 0 Å². The first-order valence-corrected chi connectivity index (χ1v) is 10.1. The topological polar surface area (TPSA) is 12.9 Å². The molecule has 3 rings (SSSR count). The van der Waals surface area contributed by atoms with Crippen molar-refractivity contribution in [1.82, 2.24) is 4.98 Å². The molecular weight excluding hydrogens is 273 g/mol. The predicted molar refractivity (Wildman–Crippen MR) is 93.7 cm³/mol. The van der Waals surface area contributed by atoms with Gasteiger partial charge in [0.25, 0.3) is 0 Å². The molecule has 0 radical (unpaired) electrons. The third-order valence-corrected chi connectivity index (χ3v) is 8.95. The van der Waals surface area contributed by atoms with Crippen LogP contribution in [0.2, 0.25) is 0 Å². The fourth-order valence-corrected chi connectivity index (χ4v) is 8.28. The van der Waals surface area contributed by atoms with Crippen LogP contribution in [0.1, 0.15) is 72.1 Å². The normalized spacial score (nSPS) is 26.9. The summed E-state index contributed by atoms with van der Waals surface area (Å²) in [6, 6.07) is 6.51. The molecule has 2 atom stereocenters. The summed E-state index contributed by atoms with van der Waals surface area (Å²) in [6.45, 7) is 7.29. The van der Waals surface area contributed by atoms with E-state index in [-0.39, 0.29) is 7.92 Å². The highest BCUT2D eigenvalue weighted by molar-refractivity contribution is 7.67. The monoisotopic (exact) mass is 303 g/mol. The molecule has 2 heteroatoms. The molecule has 2 fully saturated rings. The Morgan fingerprint density at radius 1 is 1.10 bits per heavy atom. The van der Waals surface area contributed by atoms with E-state index in [4.69, 9.17) is 4.98 Å². The van der Waals surface area contributed by atoms with E-state index >= 15 is 0 Å². The molecule has 0 aromatic carbocycles. The number of rotatable bonds is 2. The van der Waals surface area contributed by atoms with Gasteiger partial charge in [-0.05, 0) is 68.4 Å². The van der Waals surface area contributed by atoms with Gasteiger partial charge in [0.1, 0.15) is 0 Å². The SMILES string of the molecule is CC(C)(C)P(c1ccccn1)C1CCC2(CCCCC2)C1. The Morgan fingerprint density at radius 3 is 2.48 bits per heavy atom. The number of nitrogens with zero attached hydrogens (tertiary/aromatic N) is 1. The molecular formula is C19H30NP. The molecule has 1 aromatic heterocycles. The van der Waals surface area contributed by atoms with Crippen LogP contribution in [0.3, 0.4) is 0 Å². The lowest BCUT2D eigenvalue weighted by atomic mass is 9.73. The van der Waals surface area contributed by atoms with Gasteiger partial charge in [0.15, 0.2) is 0 Å². The molecule has 21 heavy (non-hydrogen) atoms. The highest BCUT2D eigenvalue weighted by Crippen LogP contribution is 2.62. The zero-order chi connectivity index (χ0) is 14.9. The maximum Gasteiger partial charge on any atom is 0.0638 e. The van der Waals surface area contributed by atoms with Crippen molar-refractivity contribution in [1.29, 1.82) is 0 Å². The lowest BCUT2D eigenvalue weighted by molar-refractivity contribution is 0.197. The molecule has 2 saturated carbocycles. The van der Waals surface area contributed by atoms with E-state index < -0.39 is 0 Å². The van der Waals surface area contributed by atoms with Crippen LogP contribution in [-0.2, 0) is 0 Å². The first-order valence-electron chi connectivity index (χ1n) is 8.71. The van der Waals surface area contributed by atoms with Crippen molar-refractivity contribution in [3.05, 3.63) is 24.4 Å². The smallest absolute Gasteiger partial charge is 0.0638 e. The average Bonchev–Trinajstić information content (AvgIpc) is 2.82. The van der Waals surface area contributed by atoms with E-state index in [2.05, 4.69) is 39.0 Å². The molecule has 0 amide bonds. The average molecular weight is 303 g/mol. The van der Waals surface area contributed by atoms with Gasteiger partial charge >= 0.3 is 0 Å². The van der Waals surface area contributed by atoms with Crippen molar-refractivity contribution in [2.75, 3.05) is 0 Å². The Labute approximate surface area is 131 Å². The van der Waals surface area contributed by atoms with Gasteiger partial charge in [0.2, 0.25) is 0 Å². The van der Waals surface area contributed by atoms with Gasteiger partial charge in [0, 0.05) is 6.20 Å². The fourth-order valence-electron chi connectivity index (χ4n) is 4.73. The summed E-state index contributed by atoms with van der Waals surface area (Å²) in [5.41, 5.74) is 3.00. The molecule has 2 aliphatic carbocycles. The summed E-state index contributed by atoms with van der Waals surface area (Å²) >= 11 is 0. The summed E-state index contributed by atoms with van der Waals surface area (Å²) in [5.74, 6) is 0. The second-order valence-corrected chi connectivity index (χ2v) is 11.5. The molecule has 2 aliphatic rings. The maximum atomic E-state index is 4.75. The molecule has 0 N–H and O–H groups in total. The van der Waals surface area contributed by atoms with E-state index in [1.54, 1.807) is 0 Å². The zero-order valence-corrected chi connectivity index (χ0v) is 14.8. The zero-order valence-electron chi connectivity index (χ0n) is 13.9. The first-order chi connectivity index (χ1) is 10.0. The Bertz CT molecular complexity index is 456. The van der Waals surface area contributed by atoms with Crippen molar-refractivity contribution in [3.8, 4) is 0 Å². The summed E-state index contributed by atoms with van der Waals surface area (Å²) in [6.07, 6.45) is 13.8. The van der Waals surface area contributed by atoms with Gasteiger partial charge in [0.05, 0.1) is 5.44 Å². The van der Waals surface area contributed by atoms with Gasteiger partial charge in [-0.15, -0.1) is 0 Å². The molecule has 1 spiro atoms. The van der Waals surface area contributed by atoms with Crippen molar-refractivity contribution in [2.24, 2.45) is 5.41 Å². The fraction of sp³-hybridized carbons (Fsp3) is 0.737. The van der Waals surface area contributed by atoms with E-state index in [0.29, 0.717) is 10.6 Å². The Hall–Kier alpha value is -0.420. The first kappa shape index (κ1) is 15.5. The minimum atomic E-state index is -0.160. The highest BCUT2D eigenvalue weighted by atomic mass is 31.1. The predicted octanol–water partition coefficient (Wildman–Crippen LogP) is 5.49. The molecule has 1 aromatic rings. The van der Waals surface area contributed by atoms with Crippen LogP contribution in [0.5, 0.6) is 0 Å². The van der Waals surface area contributed by atoms with Gasteiger partial charge in [-0.3, -0.25) is 4.98 Å². The third kappa shape index (κ3) is 3.34. The molecule has 0 aliphatic heterocycles. The standard InChI is InChI=1S/C19H30NP/c1-18(2,3)21(17-9-5-8-14-20-17)16-10-13-19(15-16)11-6-4-7-12-19/h5,8-9,14,16H,4,6-7,10-13,15H2,1-3H3. The maximum absolute atomic E-state index is 4.75. The second-order valence-electron chi connectivity index (χ2n) is 8.19. The van der Waals surface area contributed by atoms with Gasteiger partial charge in [-0.2, -0.15) is 0 Å². The molecule has 0 bridgehead atoms. The number of hydrogen-bond donors (Lipinski definition) is 0. The van der Waals surface area contributed by atoms with Crippen molar-refractivity contribution >= 4 is 13.4 Å². The molecule has 1 heterocycles. The minimum Gasteiger partial charge on any atom is -0.257 e. The Morgan fingerprint density at radius 2 is 1.86 bits per heavy atom. The largest absolute Gasteiger partial charge is 0.257 e. The summed E-state index contributed by atoms with van der Waals surface area (Å²) in [7, 11) is -0.160. The van der Waals surface area contributed by atoms with Crippen LogP contribution >= 0.6 is 7.92 Å². The van der Waals surface area contributed by atoms with E-state index in [1.165, 1.54) is 56.8 Å². The van der Waals surface area contributed by atoms with E-state index in [9.17, 15) is 0 Å². The molecule has 1 nitrogen and oxygen atoms in total. The lowest BCUT2D eigenvalue weighted by Crippen LogP contribution is -2.29. The van der Waals surface area contributed by atoms with Crippen molar-refractivity contribution < 1.29 is 0 Å². The summed E-state index contributed by atoms with van der Waals surface area (Å²) in [4.78, 5) is 4.75. The highest BCUT2D eigenvalue weighted by Gasteiger charge is 2.45. The summed E-state index contributed by atoms with van der Waals surface area (Å²) < 4.78 is 0. The van der Waals surface area contributed by atoms with Crippen LogP contribution in [0.4, 0.5) is 0 Å². The minimum absolute atomic E-state index is 0.160. The Balaban J connectivity index is 1.82. The Kier molecular flexibility index (Phi) is 4.42. The van der Waals surface area contributed by atoms with E-state index in [0.717, 1.165) is 5.66 Å². The van der Waals surface area contributed by atoms with Gasteiger partial charge in [-0.25, -0.2) is 0 Å². The number of hydrogen-bond acceptors (Lipinski definition) is 1.